The van der Waals surface area contributed by atoms with Crippen LogP contribution in [-0.2, 0) is 0 Å². The van der Waals surface area contributed by atoms with E-state index >= 15 is 0 Å². The van der Waals surface area contributed by atoms with Crippen LogP contribution in [0.3, 0.4) is 0 Å². The Morgan fingerprint density at radius 2 is 0.565 bits per heavy atom. The Hall–Kier alpha value is -8.27. The fourth-order valence-electron chi connectivity index (χ4n) is 9.30. The van der Waals surface area contributed by atoms with Crippen LogP contribution >= 0.6 is 0 Å². The second-order valence-corrected chi connectivity index (χ2v) is 16.0. The number of rotatable bonds is 7. The molecule has 0 atom stereocenters. The Labute approximate surface area is 360 Å². The standard InChI is InChI=1S/C59H39N3/c1-4-14-40(15-5-1)42-24-30-48(31-25-42)61-56-22-12-10-20-50(56)52-34-28-45(38-58(52)61)46-29-35-53-51-21-11-13-23-57(51)62(59(53)39-46)49-32-26-44(27-33-49)55-37-47(41-16-6-2-7-17-41)36-54(60-55)43-18-8-3-9-19-43/h1-39H. The molecule has 0 saturated carbocycles. The molecular weight excluding hydrogens is 751 g/mol. The molecule has 0 aliphatic carbocycles. The molecule has 0 aliphatic heterocycles. The highest BCUT2D eigenvalue weighted by molar-refractivity contribution is 6.12. The van der Waals surface area contributed by atoms with E-state index in [1.807, 2.05) is 6.07 Å². The van der Waals surface area contributed by atoms with Gasteiger partial charge in [0.05, 0.1) is 33.5 Å². The number of para-hydroxylation sites is 2. The Morgan fingerprint density at radius 1 is 0.226 bits per heavy atom. The van der Waals surface area contributed by atoms with Crippen LogP contribution in [0.5, 0.6) is 0 Å². The van der Waals surface area contributed by atoms with Crippen LogP contribution in [0.2, 0.25) is 0 Å². The maximum atomic E-state index is 5.21. The van der Waals surface area contributed by atoms with Gasteiger partial charge in [0.15, 0.2) is 0 Å². The van der Waals surface area contributed by atoms with Gasteiger partial charge in [-0.3, -0.25) is 0 Å². The van der Waals surface area contributed by atoms with Gasteiger partial charge in [0.25, 0.3) is 0 Å². The molecule has 0 aliphatic rings. The van der Waals surface area contributed by atoms with Crippen molar-refractivity contribution in [3.63, 3.8) is 0 Å². The monoisotopic (exact) mass is 789 g/mol. The van der Waals surface area contributed by atoms with Gasteiger partial charge in [0, 0.05) is 44.0 Å². The van der Waals surface area contributed by atoms with Gasteiger partial charge in [-0.1, -0.05) is 176 Å². The number of hydrogen-bond acceptors (Lipinski definition) is 1. The fourth-order valence-corrected chi connectivity index (χ4v) is 9.30. The Kier molecular flexibility index (Phi) is 8.50. The quantitative estimate of drug-likeness (QED) is 0.158. The Balaban J connectivity index is 0.967. The molecule has 3 aromatic heterocycles. The van der Waals surface area contributed by atoms with E-state index in [2.05, 4.69) is 240 Å². The highest BCUT2D eigenvalue weighted by Crippen LogP contribution is 2.39. The smallest absolute Gasteiger partial charge is 0.0715 e. The van der Waals surface area contributed by atoms with Crippen molar-refractivity contribution in [1.82, 2.24) is 14.1 Å². The summed E-state index contributed by atoms with van der Waals surface area (Å²) in [7, 11) is 0. The number of aromatic nitrogens is 3. The predicted molar refractivity (Wildman–Crippen MR) is 260 cm³/mol. The summed E-state index contributed by atoms with van der Waals surface area (Å²) in [6.45, 7) is 0. The zero-order chi connectivity index (χ0) is 41.0. The van der Waals surface area contributed by atoms with Crippen molar-refractivity contribution in [3.8, 4) is 67.3 Å². The van der Waals surface area contributed by atoms with Crippen molar-refractivity contribution in [1.29, 1.82) is 0 Å². The van der Waals surface area contributed by atoms with Crippen LogP contribution in [0.25, 0.3) is 111 Å². The molecule has 0 fully saturated rings. The summed E-state index contributed by atoms with van der Waals surface area (Å²) in [6.07, 6.45) is 0. The summed E-state index contributed by atoms with van der Waals surface area (Å²) < 4.78 is 4.82. The zero-order valence-electron chi connectivity index (χ0n) is 33.9. The molecule has 0 bridgehead atoms. The number of nitrogens with zero attached hydrogens (tertiary/aromatic N) is 3. The van der Waals surface area contributed by atoms with Gasteiger partial charge in [-0.25, -0.2) is 4.98 Å². The average molecular weight is 790 g/mol. The molecule has 3 heterocycles. The second-order valence-electron chi connectivity index (χ2n) is 16.0. The van der Waals surface area contributed by atoms with E-state index in [9.17, 15) is 0 Å². The Bertz CT molecular complexity index is 3520. The molecule has 9 aromatic carbocycles. The van der Waals surface area contributed by atoms with Crippen molar-refractivity contribution in [2.45, 2.75) is 0 Å². The number of hydrogen-bond donors (Lipinski definition) is 0. The van der Waals surface area contributed by atoms with Crippen molar-refractivity contribution < 1.29 is 0 Å². The molecule has 12 aromatic rings. The van der Waals surface area contributed by atoms with E-state index < -0.39 is 0 Å². The first-order valence-corrected chi connectivity index (χ1v) is 21.2. The Morgan fingerprint density at radius 3 is 1.05 bits per heavy atom. The maximum Gasteiger partial charge on any atom is 0.0715 e. The van der Waals surface area contributed by atoms with E-state index in [1.54, 1.807) is 0 Å². The second kappa shape index (κ2) is 14.8. The SMILES string of the molecule is c1ccc(-c2ccc(-n3c4ccccc4c4ccc(-c5ccc6c7ccccc7n(-c7ccc(-c8cc(-c9ccccc9)cc(-c9ccccc9)n8)cc7)c6c5)cc43)cc2)cc1. The van der Waals surface area contributed by atoms with Crippen molar-refractivity contribution in [2.75, 3.05) is 0 Å². The summed E-state index contributed by atoms with van der Waals surface area (Å²) in [5.41, 5.74) is 18.2. The largest absolute Gasteiger partial charge is 0.309 e. The maximum absolute atomic E-state index is 5.21. The normalized spacial score (nSPS) is 11.5. The number of pyridine rings is 1. The van der Waals surface area contributed by atoms with Crippen LogP contribution in [0, 0.1) is 0 Å². The van der Waals surface area contributed by atoms with Gasteiger partial charge >= 0.3 is 0 Å². The van der Waals surface area contributed by atoms with Crippen LogP contribution in [0.15, 0.2) is 237 Å². The van der Waals surface area contributed by atoms with Crippen molar-refractivity contribution >= 4 is 43.6 Å². The van der Waals surface area contributed by atoms with E-state index in [-0.39, 0.29) is 0 Å². The molecule has 0 unspecified atom stereocenters. The number of benzene rings is 9. The highest BCUT2D eigenvalue weighted by atomic mass is 15.0. The minimum atomic E-state index is 0.946. The van der Waals surface area contributed by atoms with E-state index in [0.29, 0.717) is 0 Å². The molecule has 3 heteroatoms. The molecule has 0 saturated heterocycles. The summed E-state index contributed by atoms with van der Waals surface area (Å²) >= 11 is 0. The van der Waals surface area contributed by atoms with Crippen molar-refractivity contribution in [2.24, 2.45) is 0 Å². The molecule has 290 valence electrons. The lowest BCUT2D eigenvalue weighted by Crippen LogP contribution is -1.95. The summed E-state index contributed by atoms with van der Waals surface area (Å²) in [4.78, 5) is 5.21. The van der Waals surface area contributed by atoms with E-state index in [0.717, 1.165) is 39.5 Å². The minimum absolute atomic E-state index is 0.946. The van der Waals surface area contributed by atoms with Crippen molar-refractivity contribution in [3.05, 3.63) is 237 Å². The van der Waals surface area contributed by atoms with Crippen LogP contribution in [0.4, 0.5) is 0 Å². The average Bonchev–Trinajstić information content (AvgIpc) is 3.87. The summed E-state index contributed by atoms with van der Waals surface area (Å²) in [6, 6.07) is 85.2. The minimum Gasteiger partial charge on any atom is -0.309 e. The first kappa shape index (κ1) is 35.7. The van der Waals surface area contributed by atoms with Gasteiger partial charge in [-0.2, -0.15) is 0 Å². The molecular formula is C59H39N3. The van der Waals surface area contributed by atoms with Gasteiger partial charge in [-0.05, 0) is 94.0 Å². The molecule has 0 radical (unpaired) electrons. The zero-order valence-corrected chi connectivity index (χ0v) is 33.9. The summed E-state index contributed by atoms with van der Waals surface area (Å²) in [5, 5.41) is 4.95. The van der Waals surface area contributed by atoms with Crippen LogP contribution in [0.1, 0.15) is 0 Å². The van der Waals surface area contributed by atoms with Gasteiger partial charge in [-0.15, -0.1) is 0 Å². The lowest BCUT2D eigenvalue weighted by atomic mass is 10.00. The first-order chi connectivity index (χ1) is 30.7. The van der Waals surface area contributed by atoms with E-state index in [1.165, 1.54) is 71.4 Å². The predicted octanol–water partition coefficient (Wildman–Crippen LogP) is 15.6. The van der Waals surface area contributed by atoms with Crippen LogP contribution < -0.4 is 0 Å². The first-order valence-electron chi connectivity index (χ1n) is 21.2. The lowest BCUT2D eigenvalue weighted by molar-refractivity contribution is 1.18. The van der Waals surface area contributed by atoms with E-state index in [4.69, 9.17) is 4.98 Å². The third kappa shape index (κ3) is 6.10. The molecule has 0 N–H and O–H groups in total. The molecule has 0 spiro atoms. The van der Waals surface area contributed by atoms with Gasteiger partial charge < -0.3 is 9.13 Å². The third-order valence-corrected chi connectivity index (χ3v) is 12.3. The van der Waals surface area contributed by atoms with Crippen LogP contribution in [-0.4, -0.2) is 14.1 Å². The lowest BCUT2D eigenvalue weighted by Gasteiger charge is -2.13. The third-order valence-electron chi connectivity index (χ3n) is 12.3. The molecule has 62 heavy (non-hydrogen) atoms. The molecule has 12 rings (SSSR count). The van der Waals surface area contributed by atoms with Gasteiger partial charge in [0.1, 0.15) is 0 Å². The van der Waals surface area contributed by atoms with Gasteiger partial charge in [0.2, 0.25) is 0 Å². The molecule has 3 nitrogen and oxygen atoms in total. The topological polar surface area (TPSA) is 22.8 Å². The highest BCUT2D eigenvalue weighted by Gasteiger charge is 2.17. The molecule has 0 amide bonds. The number of fused-ring (bicyclic) bond motifs is 6. The summed E-state index contributed by atoms with van der Waals surface area (Å²) in [5.74, 6) is 0. The fraction of sp³-hybridized carbons (Fsp3) is 0.